The standard InChI is InChI=1S/C11H16ClFN2O2S.ClH/c1-2-3-9(14)7-15-18(16,17)11-6-8(13)4-5-10(11)12;/h4-6,9,15H,2-3,7,14H2,1H3;1H. The lowest BCUT2D eigenvalue weighted by Gasteiger charge is -2.12. The fourth-order valence-corrected chi connectivity index (χ4v) is 3.05. The van der Waals surface area contributed by atoms with E-state index in [0.717, 1.165) is 18.6 Å². The van der Waals surface area contributed by atoms with Gasteiger partial charge in [-0.2, -0.15) is 0 Å². The average molecular weight is 331 g/mol. The third kappa shape index (κ3) is 5.62. The predicted molar refractivity (Wildman–Crippen MR) is 76.7 cm³/mol. The van der Waals surface area contributed by atoms with Crippen molar-refractivity contribution in [2.75, 3.05) is 6.54 Å². The largest absolute Gasteiger partial charge is 0.327 e. The topological polar surface area (TPSA) is 72.2 Å². The minimum Gasteiger partial charge on any atom is -0.327 e. The lowest BCUT2D eigenvalue weighted by molar-refractivity contribution is 0.551. The quantitative estimate of drug-likeness (QED) is 0.840. The molecule has 4 nitrogen and oxygen atoms in total. The van der Waals surface area contributed by atoms with Gasteiger partial charge in [0.2, 0.25) is 10.0 Å². The summed E-state index contributed by atoms with van der Waals surface area (Å²) in [5, 5.41) is -0.0204. The Bertz CT molecular complexity index is 511. The minimum atomic E-state index is -3.83. The molecule has 0 aliphatic rings. The molecular formula is C11H17Cl2FN2O2S. The van der Waals surface area contributed by atoms with Gasteiger partial charge in [-0.3, -0.25) is 0 Å². The third-order valence-corrected chi connectivity index (χ3v) is 4.28. The molecule has 0 amide bonds. The molecule has 1 atom stereocenters. The smallest absolute Gasteiger partial charge is 0.242 e. The van der Waals surface area contributed by atoms with Crippen molar-refractivity contribution in [1.29, 1.82) is 0 Å². The van der Waals surface area contributed by atoms with E-state index in [0.29, 0.717) is 6.42 Å². The molecule has 19 heavy (non-hydrogen) atoms. The van der Waals surface area contributed by atoms with Crippen LogP contribution in [0.2, 0.25) is 5.02 Å². The summed E-state index contributed by atoms with van der Waals surface area (Å²) in [6, 6.07) is 2.93. The molecule has 1 aromatic carbocycles. The maximum Gasteiger partial charge on any atom is 0.242 e. The van der Waals surface area contributed by atoms with Crippen LogP contribution in [0.5, 0.6) is 0 Å². The summed E-state index contributed by atoms with van der Waals surface area (Å²) in [7, 11) is -3.83. The number of rotatable bonds is 6. The van der Waals surface area contributed by atoms with Gasteiger partial charge in [0.25, 0.3) is 0 Å². The van der Waals surface area contributed by atoms with Gasteiger partial charge in [0, 0.05) is 12.6 Å². The van der Waals surface area contributed by atoms with E-state index in [4.69, 9.17) is 17.3 Å². The Kier molecular flexibility index (Phi) is 7.85. The van der Waals surface area contributed by atoms with Crippen LogP contribution in [0.1, 0.15) is 19.8 Å². The fourth-order valence-electron chi connectivity index (χ4n) is 1.45. The molecule has 1 unspecified atom stereocenters. The summed E-state index contributed by atoms with van der Waals surface area (Å²) < 4.78 is 39.1. The molecule has 0 saturated heterocycles. The summed E-state index contributed by atoms with van der Waals surface area (Å²) in [5.41, 5.74) is 5.70. The molecule has 0 bridgehead atoms. The van der Waals surface area contributed by atoms with Crippen molar-refractivity contribution < 1.29 is 12.8 Å². The van der Waals surface area contributed by atoms with Crippen molar-refractivity contribution in [2.45, 2.75) is 30.7 Å². The summed E-state index contributed by atoms with van der Waals surface area (Å²) in [6.07, 6.45) is 1.57. The summed E-state index contributed by atoms with van der Waals surface area (Å²) in [4.78, 5) is -0.270. The van der Waals surface area contributed by atoms with E-state index in [1.165, 1.54) is 6.07 Å². The molecule has 0 aliphatic carbocycles. The van der Waals surface area contributed by atoms with E-state index in [-0.39, 0.29) is 34.9 Å². The van der Waals surface area contributed by atoms with Gasteiger partial charge in [-0.1, -0.05) is 24.9 Å². The summed E-state index contributed by atoms with van der Waals surface area (Å²) in [5.74, 6) is -0.655. The Balaban J connectivity index is 0.00000324. The maximum atomic E-state index is 13.0. The lowest BCUT2D eigenvalue weighted by atomic mass is 10.2. The first-order valence-electron chi connectivity index (χ1n) is 5.57. The monoisotopic (exact) mass is 330 g/mol. The molecule has 0 aromatic heterocycles. The zero-order valence-corrected chi connectivity index (χ0v) is 12.8. The number of nitrogens with two attached hydrogens (primary N) is 1. The van der Waals surface area contributed by atoms with Crippen molar-refractivity contribution in [3.63, 3.8) is 0 Å². The zero-order chi connectivity index (χ0) is 13.8. The number of sulfonamides is 1. The van der Waals surface area contributed by atoms with Gasteiger partial charge in [0.05, 0.1) is 5.02 Å². The Morgan fingerprint density at radius 2 is 2.11 bits per heavy atom. The highest BCUT2D eigenvalue weighted by Crippen LogP contribution is 2.21. The number of benzene rings is 1. The van der Waals surface area contributed by atoms with Gasteiger partial charge < -0.3 is 5.73 Å². The van der Waals surface area contributed by atoms with Gasteiger partial charge in [0.15, 0.2) is 0 Å². The van der Waals surface area contributed by atoms with Crippen LogP contribution >= 0.6 is 24.0 Å². The van der Waals surface area contributed by atoms with E-state index >= 15 is 0 Å². The second kappa shape index (κ2) is 8.01. The maximum absolute atomic E-state index is 13.0. The number of hydrogen-bond acceptors (Lipinski definition) is 3. The molecule has 0 heterocycles. The molecule has 0 radical (unpaired) electrons. The van der Waals surface area contributed by atoms with Crippen LogP contribution < -0.4 is 10.5 Å². The van der Waals surface area contributed by atoms with Crippen LogP contribution in [0.15, 0.2) is 23.1 Å². The molecular weight excluding hydrogens is 314 g/mol. The first-order chi connectivity index (χ1) is 8.36. The van der Waals surface area contributed by atoms with Crippen molar-refractivity contribution in [1.82, 2.24) is 4.72 Å². The predicted octanol–water partition coefficient (Wildman–Crippen LogP) is 2.31. The van der Waals surface area contributed by atoms with Gasteiger partial charge >= 0.3 is 0 Å². The first-order valence-corrected chi connectivity index (χ1v) is 7.43. The van der Waals surface area contributed by atoms with E-state index in [1.54, 1.807) is 0 Å². The van der Waals surface area contributed by atoms with Crippen molar-refractivity contribution >= 4 is 34.0 Å². The third-order valence-electron chi connectivity index (χ3n) is 2.38. The van der Waals surface area contributed by atoms with Gasteiger partial charge in [-0.15, -0.1) is 12.4 Å². The first kappa shape index (κ1) is 18.6. The molecule has 0 aliphatic heterocycles. The fraction of sp³-hybridized carbons (Fsp3) is 0.455. The van der Waals surface area contributed by atoms with Crippen LogP contribution in [0.3, 0.4) is 0 Å². The van der Waals surface area contributed by atoms with E-state index < -0.39 is 15.8 Å². The van der Waals surface area contributed by atoms with Crippen LogP contribution in [0.4, 0.5) is 4.39 Å². The van der Waals surface area contributed by atoms with Crippen molar-refractivity contribution in [3.8, 4) is 0 Å². The van der Waals surface area contributed by atoms with Crippen molar-refractivity contribution in [3.05, 3.63) is 29.0 Å². The molecule has 3 N–H and O–H groups in total. The Labute approximate surface area is 124 Å². The Hall–Kier alpha value is -0.400. The van der Waals surface area contributed by atoms with Gasteiger partial charge in [-0.05, 0) is 24.6 Å². The Morgan fingerprint density at radius 3 is 2.68 bits per heavy atom. The molecule has 1 aromatic rings. The minimum absolute atomic E-state index is 0. The second-order valence-corrected chi connectivity index (χ2v) is 6.12. The van der Waals surface area contributed by atoms with E-state index in [2.05, 4.69) is 4.72 Å². The number of hydrogen-bond donors (Lipinski definition) is 2. The Morgan fingerprint density at radius 1 is 1.47 bits per heavy atom. The molecule has 0 saturated carbocycles. The van der Waals surface area contributed by atoms with Gasteiger partial charge in [-0.25, -0.2) is 17.5 Å². The van der Waals surface area contributed by atoms with Crippen molar-refractivity contribution in [2.24, 2.45) is 5.73 Å². The molecule has 0 spiro atoms. The lowest BCUT2D eigenvalue weighted by Crippen LogP contribution is -2.37. The molecule has 110 valence electrons. The summed E-state index contributed by atoms with van der Waals surface area (Å²) in [6.45, 7) is 2.06. The average Bonchev–Trinajstić information content (AvgIpc) is 2.30. The number of halogens is 3. The molecule has 0 fully saturated rings. The highest BCUT2D eigenvalue weighted by Gasteiger charge is 2.19. The van der Waals surface area contributed by atoms with Crippen LogP contribution in [0, 0.1) is 5.82 Å². The number of nitrogens with one attached hydrogen (secondary N) is 1. The van der Waals surface area contributed by atoms with Crippen LogP contribution in [0.25, 0.3) is 0 Å². The molecule has 1 rings (SSSR count). The van der Waals surface area contributed by atoms with Crippen LogP contribution in [-0.4, -0.2) is 21.0 Å². The van der Waals surface area contributed by atoms with Crippen LogP contribution in [-0.2, 0) is 10.0 Å². The summed E-state index contributed by atoms with van der Waals surface area (Å²) >= 11 is 5.74. The normalized spacial score (nSPS) is 12.8. The molecule has 8 heteroatoms. The SMILES string of the molecule is CCCC(N)CNS(=O)(=O)c1cc(F)ccc1Cl.Cl. The van der Waals surface area contributed by atoms with E-state index in [1.807, 2.05) is 6.92 Å². The second-order valence-electron chi connectivity index (χ2n) is 3.98. The highest BCUT2D eigenvalue weighted by molar-refractivity contribution is 7.89. The highest BCUT2D eigenvalue weighted by atomic mass is 35.5. The van der Waals surface area contributed by atoms with Gasteiger partial charge in [0.1, 0.15) is 10.7 Å². The van der Waals surface area contributed by atoms with E-state index in [9.17, 15) is 12.8 Å². The zero-order valence-electron chi connectivity index (χ0n) is 10.4.